The van der Waals surface area contributed by atoms with Gasteiger partial charge in [-0.2, -0.15) is 52.7 Å². The number of hydrogen-bond donors (Lipinski definition) is 0. The number of rotatable bonds is 4. The molecule has 2 fully saturated rings. The van der Waals surface area contributed by atoms with Crippen LogP contribution in [0.15, 0.2) is 12.2 Å². The summed E-state index contributed by atoms with van der Waals surface area (Å²) in [6, 6.07) is 0. The monoisotopic (exact) mass is 494 g/mol. The van der Waals surface area contributed by atoms with Crippen molar-refractivity contribution in [2.24, 2.45) is 23.7 Å². The highest BCUT2D eigenvalue weighted by molar-refractivity contribution is 4.95. The van der Waals surface area contributed by atoms with Gasteiger partial charge in [0.1, 0.15) is 0 Å². The molecule has 2 heterocycles. The van der Waals surface area contributed by atoms with Gasteiger partial charge in [0.2, 0.25) is 0 Å². The standard InChI is InChI=1S/C18H22F12N2/c19-15(20,21)11-5-12(16(22,23)24)8-31(7-11)3-1-2-4-32-9-13(17(25,26)27)6-14(10-32)18(28,29)30/h1-2,11-14H,3-10H2/b2-1+. The van der Waals surface area contributed by atoms with E-state index in [1.807, 2.05) is 0 Å². The Morgan fingerprint density at radius 2 is 0.688 bits per heavy atom. The zero-order chi connectivity index (χ0) is 24.5. The summed E-state index contributed by atoms with van der Waals surface area (Å²) in [6.07, 6.45) is -19.1. The Hall–Kier alpha value is -1.18. The summed E-state index contributed by atoms with van der Waals surface area (Å²) in [5.74, 6) is -8.73. The van der Waals surface area contributed by atoms with Crippen molar-refractivity contribution in [1.29, 1.82) is 0 Å². The summed E-state index contributed by atoms with van der Waals surface area (Å²) in [4.78, 5) is 1.87. The van der Waals surface area contributed by atoms with Crippen molar-refractivity contribution in [1.82, 2.24) is 9.80 Å². The molecule has 4 atom stereocenters. The molecule has 2 rings (SSSR count). The molecule has 4 unspecified atom stereocenters. The Morgan fingerprint density at radius 1 is 0.469 bits per heavy atom. The number of nitrogens with zero attached hydrogens (tertiary/aromatic N) is 2. The molecule has 0 spiro atoms. The molecule has 0 bridgehead atoms. The van der Waals surface area contributed by atoms with E-state index in [1.165, 1.54) is 12.2 Å². The lowest BCUT2D eigenvalue weighted by atomic mass is 9.88. The van der Waals surface area contributed by atoms with Gasteiger partial charge in [-0.15, -0.1) is 0 Å². The molecule has 188 valence electrons. The summed E-state index contributed by atoms with van der Waals surface area (Å²) in [7, 11) is 0. The second-order valence-electron chi connectivity index (χ2n) is 8.33. The molecule has 14 heteroatoms. The third-order valence-electron chi connectivity index (χ3n) is 5.80. The van der Waals surface area contributed by atoms with E-state index in [-0.39, 0.29) is 13.1 Å². The molecule has 0 amide bonds. The Morgan fingerprint density at radius 3 is 0.875 bits per heavy atom. The maximum Gasteiger partial charge on any atom is 0.393 e. The van der Waals surface area contributed by atoms with Crippen LogP contribution in [0.5, 0.6) is 0 Å². The highest BCUT2D eigenvalue weighted by Gasteiger charge is 2.52. The van der Waals surface area contributed by atoms with E-state index in [2.05, 4.69) is 0 Å². The normalized spacial score (nSPS) is 30.2. The molecule has 0 aromatic carbocycles. The minimum Gasteiger partial charge on any atom is -0.298 e. The van der Waals surface area contributed by atoms with Crippen LogP contribution in [0.3, 0.4) is 0 Å². The van der Waals surface area contributed by atoms with E-state index in [0.29, 0.717) is 0 Å². The Bertz CT molecular complexity index is 536. The Labute approximate surface area is 176 Å². The molecular formula is C18H22F12N2. The summed E-state index contributed by atoms with van der Waals surface area (Å²) in [5.41, 5.74) is 0. The molecule has 0 aromatic heterocycles. The van der Waals surface area contributed by atoms with Gasteiger partial charge in [-0.05, 0) is 12.8 Å². The number of hydrogen-bond acceptors (Lipinski definition) is 2. The SMILES string of the molecule is FC(F)(F)C1CC(C(F)(F)F)CN(C/C=C/CN2CC(C(F)(F)F)CC(C(F)(F)F)C2)C1. The van der Waals surface area contributed by atoms with Crippen LogP contribution in [0, 0.1) is 23.7 Å². The zero-order valence-electron chi connectivity index (χ0n) is 16.6. The van der Waals surface area contributed by atoms with Gasteiger partial charge in [0.25, 0.3) is 0 Å². The first kappa shape index (κ1) is 27.1. The van der Waals surface area contributed by atoms with Crippen molar-refractivity contribution >= 4 is 0 Å². The molecular weight excluding hydrogens is 472 g/mol. The van der Waals surface area contributed by atoms with Crippen LogP contribution in [-0.2, 0) is 0 Å². The van der Waals surface area contributed by atoms with Gasteiger partial charge in [-0.25, -0.2) is 0 Å². The van der Waals surface area contributed by atoms with Crippen LogP contribution in [0.2, 0.25) is 0 Å². The second-order valence-corrected chi connectivity index (χ2v) is 8.33. The van der Waals surface area contributed by atoms with E-state index in [0.717, 1.165) is 9.80 Å². The fourth-order valence-corrected chi connectivity index (χ4v) is 4.07. The molecule has 32 heavy (non-hydrogen) atoms. The van der Waals surface area contributed by atoms with Crippen molar-refractivity contribution in [3.63, 3.8) is 0 Å². The molecule has 0 N–H and O–H groups in total. The Balaban J connectivity index is 1.99. The summed E-state index contributed by atoms with van der Waals surface area (Å²) >= 11 is 0. The van der Waals surface area contributed by atoms with Crippen LogP contribution < -0.4 is 0 Å². The van der Waals surface area contributed by atoms with E-state index in [1.54, 1.807) is 0 Å². The van der Waals surface area contributed by atoms with Gasteiger partial charge in [0.05, 0.1) is 23.7 Å². The van der Waals surface area contributed by atoms with Gasteiger partial charge in [0, 0.05) is 39.3 Å². The van der Waals surface area contributed by atoms with E-state index < -0.39 is 87.4 Å². The first-order chi connectivity index (χ1) is 14.4. The summed E-state index contributed by atoms with van der Waals surface area (Å²) in [6.45, 7) is -3.35. The molecule has 0 saturated carbocycles. The Kier molecular flexibility index (Phi) is 8.11. The number of likely N-dealkylation sites (tertiary alicyclic amines) is 2. The predicted molar refractivity (Wildman–Crippen MR) is 89.4 cm³/mol. The number of alkyl halides is 12. The predicted octanol–water partition coefficient (Wildman–Crippen LogP) is 5.67. The second kappa shape index (κ2) is 9.59. The van der Waals surface area contributed by atoms with Crippen molar-refractivity contribution in [3.8, 4) is 0 Å². The van der Waals surface area contributed by atoms with Crippen molar-refractivity contribution < 1.29 is 52.7 Å². The average molecular weight is 494 g/mol. The molecule has 2 aliphatic rings. The first-order valence-corrected chi connectivity index (χ1v) is 9.74. The molecule has 2 saturated heterocycles. The van der Waals surface area contributed by atoms with Crippen molar-refractivity contribution in [3.05, 3.63) is 12.2 Å². The summed E-state index contributed by atoms with van der Waals surface area (Å²) in [5, 5.41) is 0. The van der Waals surface area contributed by atoms with E-state index in [9.17, 15) is 52.7 Å². The van der Waals surface area contributed by atoms with Crippen LogP contribution in [-0.4, -0.2) is 73.8 Å². The molecule has 2 nitrogen and oxygen atoms in total. The zero-order valence-corrected chi connectivity index (χ0v) is 16.6. The van der Waals surface area contributed by atoms with E-state index in [4.69, 9.17) is 0 Å². The van der Waals surface area contributed by atoms with Crippen LogP contribution in [0.4, 0.5) is 52.7 Å². The van der Waals surface area contributed by atoms with Gasteiger partial charge in [0.15, 0.2) is 0 Å². The van der Waals surface area contributed by atoms with Gasteiger partial charge in [-0.3, -0.25) is 9.80 Å². The van der Waals surface area contributed by atoms with Crippen LogP contribution >= 0.6 is 0 Å². The fraction of sp³-hybridized carbons (Fsp3) is 0.889. The first-order valence-electron chi connectivity index (χ1n) is 9.74. The van der Waals surface area contributed by atoms with Gasteiger partial charge >= 0.3 is 24.7 Å². The minimum atomic E-state index is -4.82. The quantitative estimate of drug-likeness (QED) is 0.367. The largest absolute Gasteiger partial charge is 0.393 e. The highest BCUT2D eigenvalue weighted by atomic mass is 19.4. The molecule has 0 aliphatic carbocycles. The summed E-state index contributed by atoms with van der Waals surface area (Å²) < 4.78 is 156. The highest BCUT2D eigenvalue weighted by Crippen LogP contribution is 2.42. The van der Waals surface area contributed by atoms with Crippen LogP contribution in [0.25, 0.3) is 0 Å². The molecule has 2 aliphatic heterocycles. The lowest BCUT2D eigenvalue weighted by Gasteiger charge is -2.39. The van der Waals surface area contributed by atoms with Gasteiger partial charge in [-0.1, -0.05) is 12.2 Å². The van der Waals surface area contributed by atoms with Crippen molar-refractivity contribution in [2.45, 2.75) is 37.5 Å². The third kappa shape index (κ3) is 7.70. The average Bonchev–Trinajstić information content (AvgIpc) is 2.62. The molecule has 0 radical (unpaired) electrons. The van der Waals surface area contributed by atoms with Crippen LogP contribution in [0.1, 0.15) is 12.8 Å². The van der Waals surface area contributed by atoms with E-state index >= 15 is 0 Å². The number of piperidine rings is 2. The maximum atomic E-state index is 13.0. The molecule has 0 aromatic rings. The number of halogens is 12. The lowest BCUT2D eigenvalue weighted by molar-refractivity contribution is -0.231. The lowest BCUT2D eigenvalue weighted by Crippen LogP contribution is -2.50. The fourth-order valence-electron chi connectivity index (χ4n) is 4.07. The van der Waals surface area contributed by atoms with Gasteiger partial charge < -0.3 is 0 Å². The minimum absolute atomic E-state index is 0.335. The smallest absolute Gasteiger partial charge is 0.298 e. The van der Waals surface area contributed by atoms with Crippen molar-refractivity contribution in [2.75, 3.05) is 39.3 Å². The maximum absolute atomic E-state index is 13.0. The third-order valence-corrected chi connectivity index (χ3v) is 5.80. The topological polar surface area (TPSA) is 6.48 Å².